The van der Waals surface area contributed by atoms with Gasteiger partial charge >= 0.3 is 0 Å². The molecule has 0 bridgehead atoms. The number of benzene rings is 3. The van der Waals surface area contributed by atoms with Crippen LogP contribution in [0.25, 0.3) is 0 Å². The minimum absolute atomic E-state index is 0.0240. The van der Waals surface area contributed by atoms with Gasteiger partial charge in [0.2, 0.25) is 0 Å². The van der Waals surface area contributed by atoms with Crippen molar-refractivity contribution in [2.75, 3.05) is 6.61 Å². The van der Waals surface area contributed by atoms with Crippen molar-refractivity contribution in [3.8, 4) is 0 Å². The predicted octanol–water partition coefficient (Wildman–Crippen LogP) is 6.64. The Hall–Kier alpha value is -3.51. The molecule has 0 aliphatic carbocycles. The van der Waals surface area contributed by atoms with Crippen LogP contribution in [0.15, 0.2) is 93.3 Å². The molecule has 146 valence electrons. The van der Waals surface area contributed by atoms with E-state index in [1.807, 2.05) is 48.5 Å². The number of hydrogen-bond acceptors (Lipinski definition) is 6. The number of carbonyl (C=O) groups excluding carboxylic acids is 1. The molecule has 0 saturated heterocycles. The molecule has 0 unspecified atom stereocenters. The predicted molar refractivity (Wildman–Crippen MR) is 113 cm³/mol. The van der Waals surface area contributed by atoms with E-state index in [0.29, 0.717) is 16.9 Å². The third-order valence-corrected chi connectivity index (χ3v) is 4.25. The van der Waals surface area contributed by atoms with Crippen molar-refractivity contribution in [1.29, 1.82) is 0 Å². The van der Waals surface area contributed by atoms with E-state index in [4.69, 9.17) is 5.11 Å². The summed E-state index contributed by atoms with van der Waals surface area (Å²) in [5.74, 6) is 0.0240. The highest BCUT2D eigenvalue weighted by molar-refractivity contribution is 5.94. The minimum atomic E-state index is 0.0240. The largest absolute Gasteiger partial charge is 0.396 e. The van der Waals surface area contributed by atoms with Crippen LogP contribution < -0.4 is 0 Å². The lowest BCUT2D eigenvalue weighted by atomic mass is 10.1. The summed E-state index contributed by atoms with van der Waals surface area (Å²) in [4.78, 5) is 11.3. The fourth-order valence-corrected chi connectivity index (χ4v) is 2.59. The Morgan fingerprint density at radius 1 is 0.690 bits per heavy atom. The topological polar surface area (TPSA) is 86.7 Å². The second-order valence-corrected chi connectivity index (χ2v) is 6.51. The fraction of sp³-hybridized carbons (Fsp3) is 0.174. The normalized spacial score (nSPS) is 11.4. The molecule has 0 saturated carbocycles. The fourth-order valence-electron chi connectivity index (χ4n) is 2.59. The first-order valence-electron chi connectivity index (χ1n) is 9.38. The Labute approximate surface area is 169 Å². The number of carbonyl (C=O) groups is 1. The highest BCUT2D eigenvalue weighted by Gasteiger charge is 1.99. The molecular weight excluding hydrogens is 364 g/mol. The van der Waals surface area contributed by atoms with E-state index in [1.54, 1.807) is 24.3 Å². The summed E-state index contributed by atoms with van der Waals surface area (Å²) in [5.41, 5.74) is 4.70. The number of hydrogen-bond donors (Lipinski definition) is 1. The van der Waals surface area contributed by atoms with Gasteiger partial charge in [-0.2, -0.15) is 20.5 Å². The lowest BCUT2D eigenvalue weighted by Gasteiger charge is -1.99. The molecule has 0 aliphatic rings. The van der Waals surface area contributed by atoms with Crippen molar-refractivity contribution in [3.05, 3.63) is 83.9 Å². The molecule has 0 amide bonds. The van der Waals surface area contributed by atoms with Gasteiger partial charge in [-0.1, -0.05) is 12.1 Å². The van der Waals surface area contributed by atoms with Crippen LogP contribution in [-0.2, 0) is 6.42 Å². The van der Waals surface area contributed by atoms with Crippen molar-refractivity contribution in [2.24, 2.45) is 20.5 Å². The molecular formula is C23H22N4O2. The highest BCUT2D eigenvalue weighted by Crippen LogP contribution is 2.24. The Morgan fingerprint density at radius 2 is 1.07 bits per heavy atom. The van der Waals surface area contributed by atoms with Crippen molar-refractivity contribution in [3.63, 3.8) is 0 Å². The first-order chi connectivity index (χ1) is 14.1. The van der Waals surface area contributed by atoms with Crippen molar-refractivity contribution in [1.82, 2.24) is 0 Å². The van der Waals surface area contributed by atoms with Crippen LogP contribution in [-0.4, -0.2) is 17.5 Å². The van der Waals surface area contributed by atoms with Gasteiger partial charge in [0.25, 0.3) is 0 Å². The lowest BCUT2D eigenvalue weighted by Crippen LogP contribution is -1.89. The maximum Gasteiger partial charge on any atom is 0.159 e. The molecule has 6 heteroatoms. The molecule has 0 radical (unpaired) electrons. The monoisotopic (exact) mass is 386 g/mol. The van der Waals surface area contributed by atoms with Crippen molar-refractivity contribution < 1.29 is 9.90 Å². The summed E-state index contributed by atoms with van der Waals surface area (Å²) in [6, 6.07) is 22.1. The van der Waals surface area contributed by atoms with Gasteiger partial charge in [-0.15, -0.1) is 0 Å². The average molecular weight is 386 g/mol. The van der Waals surface area contributed by atoms with Crippen LogP contribution in [0.4, 0.5) is 22.7 Å². The number of aliphatic hydroxyl groups is 1. The van der Waals surface area contributed by atoms with E-state index < -0.39 is 0 Å². The van der Waals surface area contributed by atoms with E-state index in [2.05, 4.69) is 20.5 Å². The Kier molecular flexibility index (Phi) is 7.08. The summed E-state index contributed by atoms with van der Waals surface area (Å²) in [5, 5.41) is 25.7. The third kappa shape index (κ3) is 6.26. The number of nitrogens with zero attached hydrogens (tertiary/aromatic N) is 4. The molecule has 0 aromatic heterocycles. The van der Waals surface area contributed by atoms with Gasteiger partial charge in [0.1, 0.15) is 0 Å². The highest BCUT2D eigenvalue weighted by atomic mass is 16.2. The molecule has 0 aliphatic heterocycles. The second-order valence-electron chi connectivity index (χ2n) is 6.51. The van der Waals surface area contributed by atoms with Crippen molar-refractivity contribution >= 4 is 28.5 Å². The van der Waals surface area contributed by atoms with Crippen LogP contribution in [0.2, 0.25) is 0 Å². The second kappa shape index (κ2) is 10.1. The number of aryl methyl sites for hydroxylation is 1. The van der Waals surface area contributed by atoms with Gasteiger partial charge in [0.05, 0.1) is 22.7 Å². The van der Waals surface area contributed by atoms with E-state index in [0.717, 1.165) is 24.2 Å². The van der Waals surface area contributed by atoms with Gasteiger partial charge < -0.3 is 5.11 Å². The first kappa shape index (κ1) is 20.2. The summed E-state index contributed by atoms with van der Waals surface area (Å²) < 4.78 is 0. The van der Waals surface area contributed by atoms with Gasteiger partial charge in [-0.05, 0) is 86.0 Å². The Balaban J connectivity index is 1.59. The van der Waals surface area contributed by atoms with Crippen LogP contribution in [0.5, 0.6) is 0 Å². The van der Waals surface area contributed by atoms with Crippen LogP contribution in [0.3, 0.4) is 0 Å². The SMILES string of the molecule is CC(=O)c1ccc(N=Nc2ccc(N=Nc3ccc(CCCO)cc3)cc2)cc1. The van der Waals surface area contributed by atoms with E-state index in [-0.39, 0.29) is 12.4 Å². The molecule has 6 nitrogen and oxygen atoms in total. The molecule has 3 aromatic carbocycles. The number of azo groups is 2. The molecule has 29 heavy (non-hydrogen) atoms. The summed E-state index contributed by atoms with van der Waals surface area (Å²) in [6.07, 6.45) is 1.61. The van der Waals surface area contributed by atoms with Gasteiger partial charge in [0.15, 0.2) is 5.78 Å². The van der Waals surface area contributed by atoms with Crippen molar-refractivity contribution in [2.45, 2.75) is 19.8 Å². The Bertz CT molecular complexity index is 993. The van der Waals surface area contributed by atoms with E-state index in [9.17, 15) is 4.79 Å². The molecule has 0 heterocycles. The van der Waals surface area contributed by atoms with Crippen LogP contribution >= 0.6 is 0 Å². The van der Waals surface area contributed by atoms with E-state index in [1.165, 1.54) is 12.5 Å². The smallest absolute Gasteiger partial charge is 0.159 e. The lowest BCUT2D eigenvalue weighted by molar-refractivity contribution is 0.101. The molecule has 0 atom stereocenters. The summed E-state index contributed by atoms with van der Waals surface area (Å²) >= 11 is 0. The summed E-state index contributed by atoms with van der Waals surface area (Å²) in [6.45, 7) is 1.73. The zero-order valence-corrected chi connectivity index (χ0v) is 16.2. The quantitative estimate of drug-likeness (QED) is 0.347. The molecule has 1 N–H and O–H groups in total. The van der Waals surface area contributed by atoms with E-state index >= 15 is 0 Å². The van der Waals surface area contributed by atoms with Gasteiger partial charge in [-0.25, -0.2) is 0 Å². The number of ketones is 1. The third-order valence-electron chi connectivity index (χ3n) is 4.25. The number of Topliss-reactive ketones (excluding diaryl/α,β-unsaturated/α-hetero) is 1. The van der Waals surface area contributed by atoms with Gasteiger partial charge in [0, 0.05) is 12.2 Å². The first-order valence-corrected chi connectivity index (χ1v) is 9.38. The minimum Gasteiger partial charge on any atom is -0.396 e. The average Bonchev–Trinajstić information content (AvgIpc) is 2.76. The maximum absolute atomic E-state index is 11.3. The molecule has 3 aromatic rings. The zero-order chi connectivity index (χ0) is 20.5. The maximum atomic E-state index is 11.3. The standard InChI is InChI=1S/C23H22N4O2/c1-17(29)19-6-10-21(11-7-19)25-27-23-14-12-22(13-15-23)26-24-20-8-4-18(5-9-20)3-2-16-28/h4-15,28H,2-3,16H2,1H3. The van der Waals surface area contributed by atoms with Crippen LogP contribution in [0.1, 0.15) is 29.3 Å². The number of rotatable bonds is 8. The molecule has 0 spiro atoms. The van der Waals surface area contributed by atoms with Crippen LogP contribution in [0, 0.1) is 0 Å². The zero-order valence-electron chi connectivity index (χ0n) is 16.2. The molecule has 0 fully saturated rings. The summed E-state index contributed by atoms with van der Waals surface area (Å²) in [7, 11) is 0. The Morgan fingerprint density at radius 3 is 1.45 bits per heavy atom. The number of aliphatic hydroxyl groups excluding tert-OH is 1. The van der Waals surface area contributed by atoms with Gasteiger partial charge in [-0.3, -0.25) is 4.79 Å². The molecule has 3 rings (SSSR count).